The summed E-state index contributed by atoms with van der Waals surface area (Å²) in [4.78, 5) is 10.3. The Kier molecular flexibility index (Phi) is 2.65. The topological polar surface area (TPSA) is 58.6 Å². The Hall–Kier alpha value is -0.610. The van der Waals surface area contributed by atoms with Crippen LogP contribution in [0.2, 0.25) is 0 Å². The van der Waals surface area contributed by atoms with E-state index in [1.807, 2.05) is 0 Å². The van der Waals surface area contributed by atoms with Crippen molar-refractivity contribution < 1.29 is 14.6 Å². The summed E-state index contributed by atoms with van der Waals surface area (Å²) in [5.74, 6) is -0.880. The number of hydrogen-bond donors (Lipinski definition) is 2. The molecule has 58 valence electrons. The minimum absolute atomic E-state index is 0.426. The molecular formula is C6H11NO3. The smallest absolute Gasteiger partial charge is 0.334 e. The summed E-state index contributed by atoms with van der Waals surface area (Å²) >= 11 is 0. The van der Waals surface area contributed by atoms with Crippen LogP contribution in [0.3, 0.4) is 0 Å². The predicted octanol–water partition coefficient (Wildman–Crippen LogP) is -0.551. The zero-order chi connectivity index (χ0) is 7.40. The molecule has 0 bridgehead atoms. The lowest BCUT2D eigenvalue weighted by molar-refractivity contribution is -0.149. The molecule has 10 heavy (non-hydrogen) atoms. The van der Waals surface area contributed by atoms with Crippen LogP contribution in [-0.4, -0.2) is 36.9 Å². The maximum Gasteiger partial charge on any atom is 0.334 e. The molecular weight excluding hydrogens is 134 g/mol. The fourth-order valence-electron chi connectivity index (χ4n) is 0.873. The van der Waals surface area contributed by atoms with E-state index in [9.17, 15) is 4.79 Å². The molecule has 0 amide bonds. The zero-order valence-electron chi connectivity index (χ0n) is 5.67. The van der Waals surface area contributed by atoms with Crippen LogP contribution in [-0.2, 0) is 9.53 Å². The second-order valence-electron chi connectivity index (χ2n) is 2.26. The Morgan fingerprint density at radius 3 is 3.20 bits per heavy atom. The van der Waals surface area contributed by atoms with Gasteiger partial charge in [-0.2, -0.15) is 0 Å². The van der Waals surface area contributed by atoms with Crippen molar-refractivity contribution in [3.8, 4) is 0 Å². The maximum absolute atomic E-state index is 10.3. The quantitative estimate of drug-likeness (QED) is 0.519. The van der Waals surface area contributed by atoms with Gasteiger partial charge in [0.05, 0.1) is 0 Å². The van der Waals surface area contributed by atoms with E-state index >= 15 is 0 Å². The third kappa shape index (κ3) is 1.97. The molecule has 1 aliphatic heterocycles. The molecule has 1 saturated heterocycles. The van der Waals surface area contributed by atoms with Gasteiger partial charge in [0.15, 0.2) is 6.10 Å². The molecule has 0 aliphatic carbocycles. The summed E-state index contributed by atoms with van der Waals surface area (Å²) in [6, 6.07) is 0. The molecule has 0 aromatic carbocycles. The van der Waals surface area contributed by atoms with Crippen molar-refractivity contribution in [2.75, 3.05) is 19.7 Å². The first kappa shape index (κ1) is 7.50. The maximum atomic E-state index is 10.3. The summed E-state index contributed by atoms with van der Waals surface area (Å²) in [7, 11) is 0. The third-order valence-corrected chi connectivity index (χ3v) is 1.42. The van der Waals surface area contributed by atoms with Crippen molar-refractivity contribution in [3.05, 3.63) is 0 Å². The minimum Gasteiger partial charge on any atom is -0.479 e. The number of carbonyl (C=O) groups is 1. The first-order valence-electron chi connectivity index (χ1n) is 3.36. The van der Waals surface area contributed by atoms with Crippen LogP contribution in [0.4, 0.5) is 0 Å². The highest BCUT2D eigenvalue weighted by Crippen LogP contribution is 1.96. The van der Waals surface area contributed by atoms with Crippen molar-refractivity contribution in [1.82, 2.24) is 5.32 Å². The Labute approximate surface area is 59.2 Å². The molecule has 0 unspecified atom stereocenters. The van der Waals surface area contributed by atoms with Crippen LogP contribution >= 0.6 is 0 Å². The molecule has 2 N–H and O–H groups in total. The van der Waals surface area contributed by atoms with Crippen molar-refractivity contribution in [1.29, 1.82) is 0 Å². The van der Waals surface area contributed by atoms with Crippen LogP contribution in [0.1, 0.15) is 6.42 Å². The summed E-state index contributed by atoms with van der Waals surface area (Å²) < 4.78 is 5.00. The van der Waals surface area contributed by atoms with E-state index in [1.165, 1.54) is 0 Å². The fourth-order valence-corrected chi connectivity index (χ4v) is 0.873. The lowest BCUT2D eigenvalue weighted by atomic mass is 10.3. The molecule has 0 spiro atoms. The molecule has 1 rings (SSSR count). The normalized spacial score (nSPS) is 27.4. The van der Waals surface area contributed by atoms with Crippen LogP contribution in [0.5, 0.6) is 0 Å². The van der Waals surface area contributed by atoms with E-state index in [4.69, 9.17) is 9.84 Å². The van der Waals surface area contributed by atoms with E-state index in [0.29, 0.717) is 13.2 Å². The number of ether oxygens (including phenoxy) is 1. The number of aliphatic carboxylic acids is 1. The molecule has 4 heteroatoms. The molecule has 0 radical (unpaired) electrons. The molecule has 0 saturated carbocycles. The van der Waals surface area contributed by atoms with E-state index < -0.39 is 12.1 Å². The van der Waals surface area contributed by atoms with E-state index in [0.717, 1.165) is 13.0 Å². The second kappa shape index (κ2) is 3.53. The van der Waals surface area contributed by atoms with Crippen LogP contribution in [0.15, 0.2) is 0 Å². The van der Waals surface area contributed by atoms with Gasteiger partial charge in [-0.25, -0.2) is 4.79 Å². The summed E-state index contributed by atoms with van der Waals surface area (Å²) in [6.45, 7) is 1.82. The average Bonchev–Trinajstić information content (AvgIpc) is 2.12. The number of nitrogens with one attached hydrogen (secondary N) is 1. The van der Waals surface area contributed by atoms with Gasteiger partial charge in [-0.3, -0.25) is 0 Å². The van der Waals surface area contributed by atoms with Gasteiger partial charge in [0.25, 0.3) is 0 Å². The Morgan fingerprint density at radius 2 is 2.50 bits per heavy atom. The van der Waals surface area contributed by atoms with Gasteiger partial charge < -0.3 is 15.2 Å². The largest absolute Gasteiger partial charge is 0.479 e. The van der Waals surface area contributed by atoms with Gasteiger partial charge in [-0.05, 0) is 13.0 Å². The minimum atomic E-state index is -0.880. The van der Waals surface area contributed by atoms with Crippen LogP contribution in [0, 0.1) is 0 Å². The fraction of sp³-hybridized carbons (Fsp3) is 0.833. The molecule has 0 aromatic rings. The van der Waals surface area contributed by atoms with Gasteiger partial charge in [-0.1, -0.05) is 0 Å². The summed E-state index contributed by atoms with van der Waals surface area (Å²) in [5.41, 5.74) is 0. The third-order valence-electron chi connectivity index (χ3n) is 1.42. The monoisotopic (exact) mass is 145 g/mol. The number of hydrogen-bond acceptors (Lipinski definition) is 3. The second-order valence-corrected chi connectivity index (χ2v) is 2.26. The number of carboxylic acids is 1. The standard InChI is InChI=1S/C6H11NO3/c8-6(9)5-4-7-2-1-3-10-5/h5,7H,1-4H2,(H,8,9)/t5-/m0/s1. The first-order valence-corrected chi connectivity index (χ1v) is 3.36. The van der Waals surface area contributed by atoms with Crippen molar-refractivity contribution >= 4 is 5.97 Å². The van der Waals surface area contributed by atoms with Crippen LogP contribution < -0.4 is 5.32 Å². The number of rotatable bonds is 1. The molecule has 4 nitrogen and oxygen atoms in total. The van der Waals surface area contributed by atoms with Gasteiger partial charge in [-0.15, -0.1) is 0 Å². The summed E-state index contributed by atoms with van der Waals surface area (Å²) in [6.07, 6.45) is 0.242. The Morgan fingerprint density at radius 1 is 1.70 bits per heavy atom. The van der Waals surface area contributed by atoms with Gasteiger partial charge in [0.1, 0.15) is 0 Å². The molecule has 1 aliphatic rings. The molecule has 1 atom stereocenters. The average molecular weight is 145 g/mol. The highest BCUT2D eigenvalue weighted by Gasteiger charge is 2.18. The van der Waals surface area contributed by atoms with E-state index in [1.54, 1.807) is 0 Å². The lowest BCUT2D eigenvalue weighted by Gasteiger charge is -2.07. The van der Waals surface area contributed by atoms with Crippen molar-refractivity contribution in [2.45, 2.75) is 12.5 Å². The molecule has 1 heterocycles. The van der Waals surface area contributed by atoms with Crippen molar-refractivity contribution in [3.63, 3.8) is 0 Å². The lowest BCUT2D eigenvalue weighted by Crippen LogP contribution is -2.32. The molecule has 0 aromatic heterocycles. The van der Waals surface area contributed by atoms with Crippen LogP contribution in [0.25, 0.3) is 0 Å². The van der Waals surface area contributed by atoms with Crippen molar-refractivity contribution in [2.24, 2.45) is 0 Å². The zero-order valence-corrected chi connectivity index (χ0v) is 5.67. The SMILES string of the molecule is O=C(O)[C@@H]1CNCCCO1. The highest BCUT2D eigenvalue weighted by atomic mass is 16.5. The van der Waals surface area contributed by atoms with Gasteiger partial charge in [0.2, 0.25) is 0 Å². The van der Waals surface area contributed by atoms with Gasteiger partial charge in [0, 0.05) is 13.2 Å². The summed E-state index contributed by atoms with van der Waals surface area (Å²) in [5, 5.41) is 11.5. The Balaban J connectivity index is 2.35. The predicted molar refractivity (Wildman–Crippen MR) is 34.9 cm³/mol. The highest BCUT2D eigenvalue weighted by molar-refractivity contribution is 5.72. The first-order chi connectivity index (χ1) is 4.80. The molecule has 1 fully saturated rings. The number of carboxylic acid groups (broad SMARTS) is 1. The van der Waals surface area contributed by atoms with E-state index in [2.05, 4.69) is 5.32 Å². The van der Waals surface area contributed by atoms with E-state index in [-0.39, 0.29) is 0 Å². The Bertz CT molecular complexity index is 118. The van der Waals surface area contributed by atoms with Gasteiger partial charge >= 0.3 is 5.97 Å².